The number of amides is 1. The summed E-state index contributed by atoms with van der Waals surface area (Å²) in [5.74, 6) is 0.466. The number of piperidine rings is 1. The third kappa shape index (κ3) is 3.78. The molecule has 0 aliphatic carbocycles. The summed E-state index contributed by atoms with van der Waals surface area (Å²) in [4.78, 5) is 44.6. The van der Waals surface area contributed by atoms with Crippen LogP contribution in [0.4, 0.5) is 0 Å². The van der Waals surface area contributed by atoms with Gasteiger partial charge in [-0.1, -0.05) is 0 Å². The lowest BCUT2D eigenvalue weighted by molar-refractivity contribution is 0.0656. The van der Waals surface area contributed by atoms with Gasteiger partial charge < -0.3 is 14.6 Å². The zero-order valence-electron chi connectivity index (χ0n) is 16.3. The lowest BCUT2D eigenvalue weighted by atomic mass is 9.97. The van der Waals surface area contributed by atoms with Gasteiger partial charge >= 0.3 is 5.69 Å². The molecule has 4 rings (SSSR count). The molecule has 1 fully saturated rings. The molecule has 3 aromatic rings. The molecule has 0 saturated carbocycles. The van der Waals surface area contributed by atoms with E-state index >= 15 is 0 Å². The second-order valence-corrected chi connectivity index (χ2v) is 7.27. The minimum Gasteiger partial charge on any atom is -0.476 e. The molecule has 3 aromatic heterocycles. The molecule has 1 aliphatic rings. The largest absolute Gasteiger partial charge is 0.476 e. The second kappa shape index (κ2) is 7.53. The molecule has 0 spiro atoms. The number of aryl methyl sites for hydroxylation is 1. The van der Waals surface area contributed by atoms with Gasteiger partial charge in [0.05, 0.1) is 18.5 Å². The third-order valence-electron chi connectivity index (χ3n) is 5.19. The van der Waals surface area contributed by atoms with E-state index in [1.807, 2.05) is 19.2 Å². The number of nitrogens with zero attached hydrogens (tertiary/aromatic N) is 5. The summed E-state index contributed by atoms with van der Waals surface area (Å²) < 4.78 is 8.43. The summed E-state index contributed by atoms with van der Waals surface area (Å²) >= 11 is 0. The van der Waals surface area contributed by atoms with Gasteiger partial charge in [0.15, 0.2) is 5.65 Å². The van der Waals surface area contributed by atoms with Crippen molar-refractivity contribution in [1.29, 1.82) is 0 Å². The van der Waals surface area contributed by atoms with Crippen LogP contribution >= 0.6 is 0 Å². The van der Waals surface area contributed by atoms with Crippen LogP contribution in [0.15, 0.2) is 34.1 Å². The summed E-state index contributed by atoms with van der Waals surface area (Å²) in [6.07, 6.45) is 4.57. The molecule has 0 unspecified atom stereocenters. The highest BCUT2D eigenvalue weighted by atomic mass is 16.5. The van der Waals surface area contributed by atoms with E-state index in [4.69, 9.17) is 4.74 Å². The summed E-state index contributed by atoms with van der Waals surface area (Å²) in [5, 5.41) is 4.39. The van der Waals surface area contributed by atoms with Gasteiger partial charge in [0, 0.05) is 32.4 Å². The average molecular weight is 398 g/mol. The first-order valence-electron chi connectivity index (χ1n) is 9.46. The van der Waals surface area contributed by atoms with Gasteiger partial charge in [-0.05, 0) is 31.7 Å². The minimum atomic E-state index is -0.583. The van der Waals surface area contributed by atoms with Crippen molar-refractivity contribution in [2.45, 2.75) is 19.8 Å². The molecule has 1 aliphatic heterocycles. The van der Waals surface area contributed by atoms with Gasteiger partial charge in [-0.15, -0.1) is 5.10 Å². The van der Waals surface area contributed by atoms with Gasteiger partial charge in [0.25, 0.3) is 11.5 Å². The summed E-state index contributed by atoms with van der Waals surface area (Å²) in [6, 6.07) is 3.66. The van der Waals surface area contributed by atoms with Crippen LogP contribution in [0.2, 0.25) is 0 Å². The molecule has 1 N–H and O–H groups in total. The molecular formula is C19H22N6O4. The molecule has 29 heavy (non-hydrogen) atoms. The summed E-state index contributed by atoms with van der Waals surface area (Å²) in [5.41, 5.74) is 0.523. The Labute approximate surface area is 165 Å². The van der Waals surface area contributed by atoms with E-state index in [-0.39, 0.29) is 11.5 Å². The van der Waals surface area contributed by atoms with E-state index in [1.54, 1.807) is 15.5 Å². The maximum Gasteiger partial charge on any atom is 0.328 e. The number of hydrogen-bond acceptors (Lipinski definition) is 6. The number of imidazole rings is 1. The van der Waals surface area contributed by atoms with Crippen LogP contribution in [0.25, 0.3) is 5.65 Å². The van der Waals surface area contributed by atoms with Crippen LogP contribution in [0.5, 0.6) is 5.88 Å². The van der Waals surface area contributed by atoms with Crippen molar-refractivity contribution in [3.8, 4) is 5.88 Å². The molecule has 4 heterocycles. The summed E-state index contributed by atoms with van der Waals surface area (Å²) in [7, 11) is 1.35. The standard InChI is InChI=1S/C19H22N6O4/c1-12-10-25-15(21-12)3-4-16(22-25)29-11-13-5-7-24(8-6-13)18(27)14-9-20-19(28)23(2)17(14)26/h3-4,9-10,13H,5-8,11H2,1-2H3,(H,20,28). The fourth-order valence-corrected chi connectivity index (χ4v) is 3.45. The Balaban J connectivity index is 1.34. The maximum absolute atomic E-state index is 12.6. The van der Waals surface area contributed by atoms with E-state index in [2.05, 4.69) is 15.1 Å². The quantitative estimate of drug-likeness (QED) is 0.678. The monoisotopic (exact) mass is 398 g/mol. The van der Waals surface area contributed by atoms with Crippen molar-refractivity contribution in [2.24, 2.45) is 13.0 Å². The molecule has 0 bridgehead atoms. The molecule has 10 heteroatoms. The predicted octanol–water partition coefficient (Wildman–Crippen LogP) is 0.356. The highest BCUT2D eigenvalue weighted by Gasteiger charge is 2.26. The third-order valence-corrected chi connectivity index (χ3v) is 5.19. The normalized spacial score (nSPS) is 15.0. The van der Waals surface area contributed by atoms with Gasteiger partial charge in [0.1, 0.15) is 5.56 Å². The van der Waals surface area contributed by atoms with Gasteiger partial charge in [-0.2, -0.15) is 0 Å². The Bertz CT molecular complexity index is 1170. The van der Waals surface area contributed by atoms with Crippen molar-refractivity contribution >= 4 is 11.6 Å². The zero-order chi connectivity index (χ0) is 20.5. The van der Waals surface area contributed by atoms with Gasteiger partial charge in [0.2, 0.25) is 5.88 Å². The van der Waals surface area contributed by atoms with E-state index in [0.29, 0.717) is 31.5 Å². The molecule has 0 aromatic carbocycles. The number of nitrogens with one attached hydrogen (secondary N) is 1. The number of likely N-dealkylation sites (tertiary alicyclic amines) is 1. The first-order valence-corrected chi connectivity index (χ1v) is 9.46. The van der Waals surface area contributed by atoms with E-state index in [9.17, 15) is 14.4 Å². The minimum absolute atomic E-state index is 0.0186. The van der Waals surface area contributed by atoms with Crippen LogP contribution in [-0.4, -0.2) is 54.7 Å². The van der Waals surface area contributed by atoms with Crippen LogP contribution in [0.3, 0.4) is 0 Å². The smallest absolute Gasteiger partial charge is 0.328 e. The van der Waals surface area contributed by atoms with Gasteiger partial charge in [-0.25, -0.2) is 14.3 Å². The Morgan fingerprint density at radius 3 is 2.79 bits per heavy atom. The molecule has 152 valence electrons. The Kier molecular flexibility index (Phi) is 4.91. The number of aromatic nitrogens is 5. The van der Waals surface area contributed by atoms with Crippen LogP contribution in [-0.2, 0) is 7.05 Å². The lowest BCUT2D eigenvalue weighted by Crippen LogP contribution is -2.44. The molecule has 1 saturated heterocycles. The summed E-state index contributed by atoms with van der Waals surface area (Å²) in [6.45, 7) is 3.48. The number of fused-ring (bicyclic) bond motifs is 1. The molecule has 1 amide bonds. The number of H-pyrrole nitrogens is 1. The first-order chi connectivity index (χ1) is 13.9. The number of carbonyl (C=O) groups is 1. The van der Waals surface area contributed by atoms with Crippen molar-refractivity contribution in [3.05, 3.63) is 56.6 Å². The fourth-order valence-electron chi connectivity index (χ4n) is 3.45. The Morgan fingerprint density at radius 1 is 1.28 bits per heavy atom. The van der Waals surface area contributed by atoms with E-state index in [0.717, 1.165) is 28.7 Å². The Hall–Kier alpha value is -3.43. The average Bonchev–Trinajstić information content (AvgIpc) is 3.10. The second-order valence-electron chi connectivity index (χ2n) is 7.27. The van der Waals surface area contributed by atoms with Crippen molar-refractivity contribution < 1.29 is 9.53 Å². The van der Waals surface area contributed by atoms with Crippen LogP contribution in [0.1, 0.15) is 28.9 Å². The fraction of sp³-hybridized carbons (Fsp3) is 0.421. The lowest BCUT2D eigenvalue weighted by Gasteiger charge is -2.31. The number of hydrogen-bond donors (Lipinski definition) is 1. The number of rotatable bonds is 4. The first kappa shape index (κ1) is 18.9. The topological polar surface area (TPSA) is 115 Å². The number of ether oxygens (including phenoxy) is 1. The molecule has 0 atom stereocenters. The molecular weight excluding hydrogens is 376 g/mol. The van der Waals surface area contributed by atoms with Crippen molar-refractivity contribution in [3.63, 3.8) is 0 Å². The van der Waals surface area contributed by atoms with E-state index in [1.165, 1.54) is 13.2 Å². The van der Waals surface area contributed by atoms with Crippen LogP contribution in [0, 0.1) is 12.8 Å². The Morgan fingerprint density at radius 2 is 2.03 bits per heavy atom. The molecule has 0 radical (unpaired) electrons. The number of aromatic amines is 1. The molecule has 10 nitrogen and oxygen atoms in total. The highest BCUT2D eigenvalue weighted by Crippen LogP contribution is 2.20. The number of carbonyl (C=O) groups excluding carboxylic acids is 1. The van der Waals surface area contributed by atoms with E-state index < -0.39 is 11.2 Å². The highest BCUT2D eigenvalue weighted by molar-refractivity contribution is 5.93. The van der Waals surface area contributed by atoms with Crippen LogP contribution < -0.4 is 16.0 Å². The van der Waals surface area contributed by atoms with Crippen molar-refractivity contribution in [2.75, 3.05) is 19.7 Å². The zero-order valence-corrected chi connectivity index (χ0v) is 16.3. The van der Waals surface area contributed by atoms with Crippen molar-refractivity contribution in [1.82, 2.24) is 29.0 Å². The van der Waals surface area contributed by atoms with Gasteiger partial charge in [-0.3, -0.25) is 14.2 Å². The maximum atomic E-state index is 12.6. The SMILES string of the molecule is Cc1cn2nc(OCC3CCN(C(=O)c4c[nH]c(=O)n(C)c4=O)CC3)ccc2n1. The predicted molar refractivity (Wildman–Crippen MR) is 104 cm³/mol.